The van der Waals surface area contributed by atoms with E-state index in [4.69, 9.17) is 4.74 Å². The van der Waals surface area contributed by atoms with Gasteiger partial charge in [-0.05, 0) is 49.6 Å². The fraction of sp³-hybridized carbons (Fsp3) is 0.471. The normalized spacial score (nSPS) is 20.5. The Kier molecular flexibility index (Phi) is 3.97. The highest BCUT2D eigenvalue weighted by Gasteiger charge is 2.34. The van der Waals surface area contributed by atoms with Crippen LogP contribution in [0, 0.1) is 6.92 Å². The van der Waals surface area contributed by atoms with E-state index in [1.165, 1.54) is 11.1 Å². The van der Waals surface area contributed by atoms with Gasteiger partial charge in [-0.2, -0.15) is 0 Å². The Bertz CT molecular complexity index is 620. The number of benzene rings is 1. The maximum absolute atomic E-state index is 5.40. The molecule has 2 atom stereocenters. The SMILES string of the molecule is CCCNC1c2cc(OC)ccc2CC1n1ccnc1C. The summed E-state index contributed by atoms with van der Waals surface area (Å²) in [4.78, 5) is 4.38. The number of imidazole rings is 1. The summed E-state index contributed by atoms with van der Waals surface area (Å²) in [5.74, 6) is 2.00. The van der Waals surface area contributed by atoms with Crippen LogP contribution in [0.5, 0.6) is 5.75 Å². The molecule has 2 unspecified atom stereocenters. The van der Waals surface area contributed by atoms with E-state index in [0.29, 0.717) is 12.1 Å². The molecule has 1 aliphatic rings. The van der Waals surface area contributed by atoms with E-state index in [0.717, 1.165) is 31.0 Å². The first-order valence-electron chi connectivity index (χ1n) is 7.64. The Hall–Kier alpha value is -1.81. The van der Waals surface area contributed by atoms with Crippen molar-refractivity contribution in [3.05, 3.63) is 47.5 Å². The smallest absolute Gasteiger partial charge is 0.119 e. The van der Waals surface area contributed by atoms with Crippen molar-refractivity contribution in [3.63, 3.8) is 0 Å². The third-order valence-corrected chi connectivity index (χ3v) is 4.34. The monoisotopic (exact) mass is 285 g/mol. The standard InChI is InChI=1S/C17H23N3O/c1-4-7-19-17-15-11-14(21-3)6-5-13(15)10-16(17)20-9-8-18-12(20)2/h5-6,8-9,11,16-17,19H,4,7,10H2,1-3H3. The van der Waals surface area contributed by atoms with E-state index in [-0.39, 0.29) is 0 Å². The van der Waals surface area contributed by atoms with Crippen molar-refractivity contribution in [2.45, 2.75) is 38.8 Å². The Morgan fingerprint density at radius 2 is 2.29 bits per heavy atom. The van der Waals surface area contributed by atoms with Gasteiger partial charge in [0.25, 0.3) is 0 Å². The highest BCUT2D eigenvalue weighted by molar-refractivity contribution is 5.42. The van der Waals surface area contributed by atoms with Gasteiger partial charge >= 0.3 is 0 Å². The molecule has 3 rings (SSSR count). The molecule has 0 radical (unpaired) electrons. The van der Waals surface area contributed by atoms with Crippen LogP contribution in [0.3, 0.4) is 0 Å². The van der Waals surface area contributed by atoms with Crippen LogP contribution in [0.4, 0.5) is 0 Å². The lowest BCUT2D eigenvalue weighted by molar-refractivity contribution is 0.374. The molecule has 0 aliphatic heterocycles. The van der Waals surface area contributed by atoms with Gasteiger partial charge in [0, 0.05) is 12.4 Å². The predicted octanol–water partition coefficient (Wildman–Crippen LogP) is 3.04. The zero-order valence-electron chi connectivity index (χ0n) is 13.0. The van der Waals surface area contributed by atoms with E-state index in [9.17, 15) is 0 Å². The van der Waals surface area contributed by atoms with Crippen LogP contribution in [0.1, 0.15) is 42.4 Å². The van der Waals surface area contributed by atoms with Gasteiger partial charge in [0.2, 0.25) is 0 Å². The van der Waals surface area contributed by atoms with Gasteiger partial charge in [0.1, 0.15) is 11.6 Å². The number of methoxy groups -OCH3 is 1. The third kappa shape index (κ3) is 2.56. The van der Waals surface area contributed by atoms with Gasteiger partial charge in [0.15, 0.2) is 0 Å². The average Bonchev–Trinajstić information content (AvgIpc) is 3.07. The number of hydrogen-bond donors (Lipinski definition) is 1. The maximum atomic E-state index is 5.40. The van der Waals surface area contributed by atoms with Gasteiger partial charge in [-0.15, -0.1) is 0 Å². The minimum Gasteiger partial charge on any atom is -0.497 e. The zero-order chi connectivity index (χ0) is 14.8. The van der Waals surface area contributed by atoms with Crippen LogP contribution < -0.4 is 10.1 Å². The van der Waals surface area contributed by atoms with E-state index < -0.39 is 0 Å². The molecule has 1 aromatic heterocycles. The summed E-state index contributed by atoms with van der Waals surface area (Å²) < 4.78 is 7.69. The van der Waals surface area contributed by atoms with Crippen molar-refractivity contribution in [1.82, 2.24) is 14.9 Å². The highest BCUT2D eigenvalue weighted by Crippen LogP contribution is 2.41. The van der Waals surface area contributed by atoms with E-state index in [1.54, 1.807) is 7.11 Å². The summed E-state index contributed by atoms with van der Waals surface area (Å²) in [6.45, 7) is 5.29. The van der Waals surface area contributed by atoms with Gasteiger partial charge in [0.05, 0.1) is 19.2 Å². The van der Waals surface area contributed by atoms with Crippen molar-refractivity contribution >= 4 is 0 Å². The first-order chi connectivity index (χ1) is 10.2. The Morgan fingerprint density at radius 1 is 1.43 bits per heavy atom. The molecule has 1 aliphatic carbocycles. The maximum Gasteiger partial charge on any atom is 0.119 e. The summed E-state index contributed by atoms with van der Waals surface area (Å²) in [5.41, 5.74) is 2.77. The quantitative estimate of drug-likeness (QED) is 0.917. The van der Waals surface area contributed by atoms with Crippen molar-refractivity contribution in [2.75, 3.05) is 13.7 Å². The van der Waals surface area contributed by atoms with Crippen molar-refractivity contribution in [3.8, 4) is 5.75 Å². The van der Waals surface area contributed by atoms with Gasteiger partial charge in [-0.3, -0.25) is 0 Å². The number of ether oxygens (including phenoxy) is 1. The lowest BCUT2D eigenvalue weighted by atomic mass is 10.1. The fourth-order valence-electron chi connectivity index (χ4n) is 3.27. The molecule has 4 nitrogen and oxygen atoms in total. The molecule has 21 heavy (non-hydrogen) atoms. The lowest BCUT2D eigenvalue weighted by Gasteiger charge is -2.24. The van der Waals surface area contributed by atoms with E-state index in [1.807, 2.05) is 6.20 Å². The summed E-state index contributed by atoms with van der Waals surface area (Å²) in [6, 6.07) is 7.14. The fourth-order valence-corrected chi connectivity index (χ4v) is 3.27. The van der Waals surface area contributed by atoms with Crippen LogP contribution in [0.25, 0.3) is 0 Å². The average molecular weight is 285 g/mol. The van der Waals surface area contributed by atoms with Crippen LogP contribution in [-0.2, 0) is 6.42 Å². The number of hydrogen-bond acceptors (Lipinski definition) is 3. The Labute approximate surface area is 126 Å². The van der Waals surface area contributed by atoms with Crippen molar-refractivity contribution < 1.29 is 4.74 Å². The zero-order valence-corrected chi connectivity index (χ0v) is 13.0. The summed E-state index contributed by atoms with van der Waals surface area (Å²) >= 11 is 0. The second-order valence-corrected chi connectivity index (χ2v) is 5.65. The first kappa shape index (κ1) is 14.1. The largest absolute Gasteiger partial charge is 0.497 e. The topological polar surface area (TPSA) is 39.1 Å². The Morgan fingerprint density at radius 3 is 2.95 bits per heavy atom. The molecule has 1 aromatic carbocycles. The molecule has 0 bridgehead atoms. The summed E-state index contributed by atoms with van der Waals surface area (Å²) in [5, 5.41) is 3.70. The molecular formula is C17H23N3O. The molecule has 1 heterocycles. The first-order valence-corrected chi connectivity index (χ1v) is 7.64. The molecule has 1 N–H and O–H groups in total. The lowest BCUT2D eigenvalue weighted by Crippen LogP contribution is -2.28. The molecule has 0 fully saturated rings. The molecule has 112 valence electrons. The van der Waals surface area contributed by atoms with Gasteiger partial charge in [-0.1, -0.05) is 13.0 Å². The van der Waals surface area contributed by atoms with Crippen molar-refractivity contribution in [1.29, 1.82) is 0 Å². The molecule has 4 heteroatoms. The number of aryl methyl sites for hydroxylation is 1. The minimum atomic E-state index is 0.322. The molecule has 0 spiro atoms. The number of nitrogens with one attached hydrogen (secondary N) is 1. The highest BCUT2D eigenvalue weighted by atomic mass is 16.5. The van der Waals surface area contributed by atoms with Crippen LogP contribution in [-0.4, -0.2) is 23.2 Å². The summed E-state index contributed by atoms with van der Waals surface area (Å²) in [7, 11) is 1.72. The predicted molar refractivity (Wildman–Crippen MR) is 83.7 cm³/mol. The molecule has 0 saturated heterocycles. The number of fused-ring (bicyclic) bond motifs is 1. The van der Waals surface area contributed by atoms with E-state index >= 15 is 0 Å². The van der Waals surface area contributed by atoms with Crippen LogP contribution in [0.2, 0.25) is 0 Å². The van der Waals surface area contributed by atoms with Crippen molar-refractivity contribution in [2.24, 2.45) is 0 Å². The second-order valence-electron chi connectivity index (χ2n) is 5.65. The molecule has 0 amide bonds. The summed E-state index contributed by atoms with van der Waals surface area (Å²) in [6.07, 6.45) is 6.14. The number of nitrogens with zero attached hydrogens (tertiary/aromatic N) is 2. The molecular weight excluding hydrogens is 262 g/mol. The van der Waals surface area contributed by atoms with Crippen LogP contribution >= 0.6 is 0 Å². The number of aromatic nitrogens is 2. The molecule has 0 saturated carbocycles. The van der Waals surface area contributed by atoms with Gasteiger partial charge < -0.3 is 14.6 Å². The minimum absolute atomic E-state index is 0.322. The van der Waals surface area contributed by atoms with Crippen LogP contribution in [0.15, 0.2) is 30.6 Å². The van der Waals surface area contributed by atoms with Gasteiger partial charge in [-0.25, -0.2) is 4.98 Å². The second kappa shape index (κ2) is 5.90. The Balaban J connectivity index is 1.97. The molecule has 2 aromatic rings. The van der Waals surface area contributed by atoms with E-state index in [2.05, 4.69) is 53.1 Å². The number of rotatable bonds is 5. The third-order valence-electron chi connectivity index (χ3n) is 4.34.